The number of amidine groups is 1. The fourth-order valence-electron chi connectivity index (χ4n) is 2.40. The highest BCUT2D eigenvalue weighted by molar-refractivity contribution is 5.94. The van der Waals surface area contributed by atoms with Gasteiger partial charge < -0.3 is 15.8 Å². The quantitative estimate of drug-likeness (QED) is 0.222. The number of nitrogens with one attached hydrogen (secondary N) is 2. The van der Waals surface area contributed by atoms with Gasteiger partial charge in [-0.25, -0.2) is 4.79 Å². The minimum Gasteiger partial charge on any atom is -0.428 e. The first kappa shape index (κ1) is 17.5. The molecule has 0 saturated carbocycles. The van der Waals surface area contributed by atoms with Crippen molar-refractivity contribution in [3.63, 3.8) is 0 Å². The molecule has 1 heterocycles. The summed E-state index contributed by atoms with van der Waals surface area (Å²) in [5.74, 6) is -0.638. The van der Waals surface area contributed by atoms with Crippen molar-refractivity contribution in [1.82, 2.24) is 5.32 Å². The van der Waals surface area contributed by atoms with Gasteiger partial charge in [0.05, 0.1) is 0 Å². The highest BCUT2D eigenvalue weighted by atomic mass is 16.6. The van der Waals surface area contributed by atoms with Crippen molar-refractivity contribution in [3.05, 3.63) is 60.2 Å². The number of ether oxygens (including phenoxy) is 1. The van der Waals surface area contributed by atoms with E-state index in [2.05, 4.69) is 11.9 Å². The van der Waals surface area contributed by atoms with Crippen molar-refractivity contribution in [2.75, 3.05) is 0 Å². The molecular formula is C18H21N3O3. The highest BCUT2D eigenvalue weighted by Crippen LogP contribution is 2.18. The van der Waals surface area contributed by atoms with Crippen molar-refractivity contribution in [1.29, 1.82) is 5.41 Å². The van der Waals surface area contributed by atoms with E-state index in [1.54, 1.807) is 0 Å². The molecule has 0 saturated heterocycles. The number of rotatable bonds is 8. The van der Waals surface area contributed by atoms with Crippen LogP contribution in [0.25, 0.3) is 0 Å². The molecule has 1 aromatic carbocycles. The third-order valence-electron chi connectivity index (χ3n) is 3.76. The predicted molar refractivity (Wildman–Crippen MR) is 91.3 cm³/mol. The number of aryl methyl sites for hydroxylation is 1. The van der Waals surface area contributed by atoms with Crippen molar-refractivity contribution >= 4 is 17.7 Å². The molecule has 0 aromatic heterocycles. The number of unbranched alkanes of at least 4 members (excludes halogenated alkanes) is 1. The van der Waals surface area contributed by atoms with E-state index >= 15 is 0 Å². The van der Waals surface area contributed by atoms with Crippen LogP contribution in [0.3, 0.4) is 0 Å². The van der Waals surface area contributed by atoms with Gasteiger partial charge in [-0.1, -0.05) is 30.8 Å². The molecule has 1 atom stereocenters. The SMILES string of the molecule is C=CC1(NC(=O)CCCCc2ccc(C(=N)N)cc2)C=CC(=O)O1. The molecule has 1 aliphatic heterocycles. The molecule has 0 bridgehead atoms. The van der Waals surface area contributed by atoms with Gasteiger partial charge in [-0.15, -0.1) is 0 Å². The number of benzene rings is 1. The minimum absolute atomic E-state index is 0.0519. The van der Waals surface area contributed by atoms with Crippen molar-refractivity contribution in [3.8, 4) is 0 Å². The van der Waals surface area contributed by atoms with E-state index < -0.39 is 11.7 Å². The van der Waals surface area contributed by atoms with Crippen LogP contribution >= 0.6 is 0 Å². The number of carbonyl (C=O) groups excluding carboxylic acids is 2. The zero-order valence-corrected chi connectivity index (χ0v) is 13.4. The monoisotopic (exact) mass is 327 g/mol. The number of nitrogens with two attached hydrogens (primary N) is 1. The maximum Gasteiger partial charge on any atom is 0.333 e. The lowest BCUT2D eigenvalue weighted by Crippen LogP contribution is -2.46. The lowest BCUT2D eigenvalue weighted by Gasteiger charge is -2.23. The van der Waals surface area contributed by atoms with Crippen LogP contribution in [-0.4, -0.2) is 23.4 Å². The van der Waals surface area contributed by atoms with Gasteiger partial charge in [0.15, 0.2) is 0 Å². The number of nitrogen functional groups attached to an aromatic ring is 1. The molecule has 2 rings (SSSR count). The van der Waals surface area contributed by atoms with Gasteiger partial charge in [0.1, 0.15) is 5.84 Å². The van der Waals surface area contributed by atoms with Gasteiger partial charge in [-0.3, -0.25) is 10.2 Å². The predicted octanol–water partition coefficient (Wildman–Crippen LogP) is 1.79. The first-order valence-electron chi connectivity index (χ1n) is 7.74. The molecule has 1 aliphatic rings. The van der Waals surface area contributed by atoms with Crippen LogP contribution in [0.1, 0.15) is 30.4 Å². The molecule has 0 radical (unpaired) electrons. The van der Waals surface area contributed by atoms with Crippen LogP contribution in [-0.2, 0) is 20.7 Å². The van der Waals surface area contributed by atoms with Crippen LogP contribution in [0.4, 0.5) is 0 Å². The molecule has 0 aliphatic carbocycles. The number of esters is 1. The lowest BCUT2D eigenvalue weighted by atomic mass is 10.0. The van der Waals surface area contributed by atoms with E-state index in [4.69, 9.17) is 15.9 Å². The Labute approximate surface area is 140 Å². The van der Waals surface area contributed by atoms with Crippen LogP contribution in [0, 0.1) is 5.41 Å². The number of carbonyl (C=O) groups is 2. The highest BCUT2D eigenvalue weighted by Gasteiger charge is 2.33. The number of hydrogen-bond acceptors (Lipinski definition) is 4. The van der Waals surface area contributed by atoms with Gasteiger partial charge in [-0.2, -0.15) is 0 Å². The summed E-state index contributed by atoms with van der Waals surface area (Å²) in [4.78, 5) is 23.1. The molecular weight excluding hydrogens is 306 g/mol. The van der Waals surface area contributed by atoms with Gasteiger partial charge in [0.25, 0.3) is 0 Å². The topological polar surface area (TPSA) is 105 Å². The summed E-state index contributed by atoms with van der Waals surface area (Å²) in [6, 6.07) is 7.51. The van der Waals surface area contributed by atoms with Gasteiger partial charge in [0, 0.05) is 18.1 Å². The van der Waals surface area contributed by atoms with E-state index in [0.717, 1.165) is 18.4 Å². The van der Waals surface area contributed by atoms with E-state index in [0.29, 0.717) is 18.4 Å². The molecule has 1 unspecified atom stereocenters. The Bertz CT molecular complexity index is 679. The molecule has 24 heavy (non-hydrogen) atoms. The van der Waals surface area contributed by atoms with E-state index in [1.165, 1.54) is 18.2 Å². The van der Waals surface area contributed by atoms with Crippen LogP contribution < -0.4 is 11.1 Å². The third-order valence-corrected chi connectivity index (χ3v) is 3.76. The maximum atomic E-state index is 12.0. The second-order valence-corrected chi connectivity index (χ2v) is 5.62. The molecule has 126 valence electrons. The van der Waals surface area contributed by atoms with Crippen LogP contribution in [0.2, 0.25) is 0 Å². The Morgan fingerprint density at radius 1 is 1.33 bits per heavy atom. The first-order valence-corrected chi connectivity index (χ1v) is 7.74. The van der Waals surface area contributed by atoms with Crippen LogP contribution in [0.15, 0.2) is 49.1 Å². The van der Waals surface area contributed by atoms with Gasteiger partial charge in [-0.05, 0) is 37.0 Å². The Hall–Kier alpha value is -2.89. The number of amides is 1. The second kappa shape index (κ2) is 7.59. The van der Waals surface area contributed by atoms with Gasteiger partial charge >= 0.3 is 5.97 Å². The Balaban J connectivity index is 1.73. The van der Waals surface area contributed by atoms with E-state index in [9.17, 15) is 9.59 Å². The Morgan fingerprint density at radius 3 is 2.58 bits per heavy atom. The molecule has 1 aromatic rings. The summed E-state index contributed by atoms with van der Waals surface area (Å²) >= 11 is 0. The van der Waals surface area contributed by atoms with Crippen molar-refractivity contribution in [2.45, 2.75) is 31.4 Å². The summed E-state index contributed by atoms with van der Waals surface area (Å²) in [7, 11) is 0. The fraction of sp³-hybridized carbons (Fsp3) is 0.278. The molecule has 0 fully saturated rings. The average Bonchev–Trinajstić information content (AvgIpc) is 2.93. The molecule has 6 heteroatoms. The summed E-state index contributed by atoms with van der Waals surface area (Å²) in [6.07, 6.45) is 6.89. The summed E-state index contributed by atoms with van der Waals surface area (Å²) < 4.78 is 5.05. The molecule has 6 nitrogen and oxygen atoms in total. The first-order chi connectivity index (χ1) is 11.4. The third kappa shape index (κ3) is 4.55. The number of cyclic esters (lactones) is 1. The molecule has 1 amide bonds. The molecule has 0 spiro atoms. The normalized spacial score (nSPS) is 18.9. The second-order valence-electron chi connectivity index (χ2n) is 5.62. The van der Waals surface area contributed by atoms with E-state index in [1.807, 2.05) is 24.3 Å². The Morgan fingerprint density at radius 2 is 2.04 bits per heavy atom. The minimum atomic E-state index is -1.21. The van der Waals surface area contributed by atoms with Crippen molar-refractivity contribution in [2.24, 2.45) is 5.73 Å². The smallest absolute Gasteiger partial charge is 0.333 e. The largest absolute Gasteiger partial charge is 0.428 e. The zero-order valence-electron chi connectivity index (χ0n) is 13.4. The summed E-state index contributed by atoms with van der Waals surface area (Å²) in [5, 5.41) is 10.0. The summed E-state index contributed by atoms with van der Waals surface area (Å²) in [5.41, 5.74) is 6.04. The Kier molecular flexibility index (Phi) is 5.52. The zero-order chi connectivity index (χ0) is 17.6. The maximum absolute atomic E-state index is 12.0. The standard InChI is InChI=1S/C18H21N3O3/c1-2-18(12-11-16(23)24-18)21-15(22)6-4-3-5-13-7-9-14(10-8-13)17(19)20/h2,7-12H,1,3-6H2,(H3,19,20)(H,21,22). The summed E-state index contributed by atoms with van der Waals surface area (Å²) in [6.45, 7) is 3.59. The fourth-order valence-corrected chi connectivity index (χ4v) is 2.40. The van der Waals surface area contributed by atoms with Crippen molar-refractivity contribution < 1.29 is 14.3 Å². The van der Waals surface area contributed by atoms with Crippen LogP contribution in [0.5, 0.6) is 0 Å². The molecule has 4 N–H and O–H groups in total. The average molecular weight is 327 g/mol. The van der Waals surface area contributed by atoms with Gasteiger partial charge in [0.2, 0.25) is 11.6 Å². The lowest BCUT2D eigenvalue weighted by molar-refractivity contribution is -0.146. The van der Waals surface area contributed by atoms with E-state index in [-0.39, 0.29) is 11.7 Å². The number of hydrogen-bond donors (Lipinski definition) is 3.